The van der Waals surface area contributed by atoms with Crippen molar-refractivity contribution in [2.45, 2.75) is 0 Å². The van der Waals surface area contributed by atoms with Gasteiger partial charge in [-0.1, -0.05) is 10.8 Å². The van der Waals surface area contributed by atoms with Crippen LogP contribution in [0.1, 0.15) is 0 Å². The average Bonchev–Trinajstić information content (AvgIpc) is 1.92. The van der Waals surface area contributed by atoms with Gasteiger partial charge in [0.1, 0.15) is 0 Å². The van der Waals surface area contributed by atoms with E-state index in [1.807, 2.05) is 0 Å². The van der Waals surface area contributed by atoms with Crippen LogP contribution in [0.15, 0.2) is 0 Å². The summed E-state index contributed by atoms with van der Waals surface area (Å²) in [6.45, 7) is 0. The van der Waals surface area contributed by atoms with Gasteiger partial charge in [0.2, 0.25) is 0 Å². The molecule has 10 heteroatoms. The van der Waals surface area contributed by atoms with Crippen molar-refractivity contribution in [3.8, 4) is 20.7 Å². The predicted octanol–water partition coefficient (Wildman–Crippen LogP) is -0.704. The molecule has 0 aromatic heterocycles. The third kappa shape index (κ3) is 2470. The second kappa shape index (κ2) is 97.1. The number of hydrogen-bond acceptors (Lipinski definition) is 6. The summed E-state index contributed by atoms with van der Waals surface area (Å²) in [4.78, 5) is 3.25. The van der Waals surface area contributed by atoms with E-state index in [4.69, 9.17) is 21.0 Å². The second-order valence-corrected chi connectivity index (χ2v) is 1.50. The summed E-state index contributed by atoms with van der Waals surface area (Å²) in [6, 6.07) is 0. The van der Waals surface area contributed by atoms with E-state index >= 15 is 0 Å². The van der Waals surface area contributed by atoms with Gasteiger partial charge in [-0.05, 0) is 0 Å². The van der Waals surface area contributed by atoms with Crippen molar-refractivity contribution >= 4 is 57.3 Å². The van der Waals surface area contributed by atoms with E-state index in [0.29, 0.717) is 0 Å². The van der Waals surface area contributed by atoms with Gasteiger partial charge in [-0.15, -0.1) is 0 Å². The fourth-order valence-electron chi connectivity index (χ4n) is 0. The molecule has 4 nitrogen and oxygen atoms in total. The van der Waals surface area contributed by atoms with Crippen LogP contribution >= 0.6 is 0 Å². The Kier molecular flexibility index (Phi) is 252. The maximum Gasteiger partial charge on any atom is 2.00 e. The maximum atomic E-state index is 7.26. The zero-order valence-corrected chi connectivity index (χ0v) is 16.5. The SMILES string of the molecule is N#C[S-].N#C[S-].N#C[Se].N#C[Se].[Cd+2].[Ni]. The number of hydrogen-bond donors (Lipinski definition) is 0. The van der Waals surface area contributed by atoms with Gasteiger partial charge in [-0.2, -0.15) is 0 Å². The molecule has 0 aliphatic rings. The molecule has 72 valence electrons. The molecule has 0 bridgehead atoms. The van der Waals surface area contributed by atoms with Gasteiger partial charge in [0.25, 0.3) is 0 Å². The van der Waals surface area contributed by atoms with Gasteiger partial charge < -0.3 is 25.3 Å². The van der Waals surface area contributed by atoms with Crippen LogP contribution in [0.4, 0.5) is 0 Å². The molecule has 0 heterocycles. The van der Waals surface area contributed by atoms with Gasteiger partial charge in [-0.3, -0.25) is 0 Å². The number of nitrogens with zero attached hydrogens (tertiary/aromatic N) is 4. The fraction of sp³-hybridized carbons (Fsp3) is 0. The summed E-state index contributed by atoms with van der Waals surface area (Å²) >= 11 is 11.6. The minimum atomic E-state index is 0. The summed E-state index contributed by atoms with van der Waals surface area (Å²) < 4.78 is 0. The quantitative estimate of drug-likeness (QED) is 0.250. The topological polar surface area (TPSA) is 95.2 Å². The van der Waals surface area contributed by atoms with Crippen LogP contribution < -0.4 is 0 Å². The molecule has 0 N–H and O–H groups in total. The van der Waals surface area contributed by atoms with E-state index in [-0.39, 0.29) is 43.8 Å². The second-order valence-electron chi connectivity index (χ2n) is 0.365. The van der Waals surface area contributed by atoms with Crippen molar-refractivity contribution in [3.63, 3.8) is 0 Å². The Morgan fingerprint density at radius 2 is 0.786 bits per heavy atom. The van der Waals surface area contributed by atoms with Crippen LogP contribution in [0.3, 0.4) is 0 Å². The maximum absolute atomic E-state index is 7.26. The van der Waals surface area contributed by atoms with Gasteiger partial charge in [0.05, 0.1) is 0 Å². The molecule has 0 aliphatic heterocycles. The minimum absolute atomic E-state index is 0. The molecule has 0 amide bonds. The Hall–Kier alpha value is 0.855. The van der Waals surface area contributed by atoms with E-state index in [2.05, 4.69) is 57.3 Å². The molecule has 0 atom stereocenters. The van der Waals surface area contributed by atoms with Crippen LogP contribution in [0.5, 0.6) is 0 Å². The van der Waals surface area contributed by atoms with Gasteiger partial charge in [-0.25, -0.2) is 10.5 Å². The van der Waals surface area contributed by atoms with E-state index in [9.17, 15) is 0 Å². The monoisotopic (exact) mass is 500 g/mol. The van der Waals surface area contributed by atoms with Crippen LogP contribution in [0, 0.1) is 41.8 Å². The zero-order chi connectivity index (χ0) is 10.8. The van der Waals surface area contributed by atoms with Crippen LogP contribution in [-0.4, -0.2) is 32.0 Å². The Morgan fingerprint density at radius 3 is 0.786 bits per heavy atom. The summed E-state index contributed by atoms with van der Waals surface area (Å²) in [5.74, 6) is 0. The average molecular weight is 497 g/mol. The molecule has 0 saturated heterocycles. The van der Waals surface area contributed by atoms with Crippen molar-refractivity contribution in [3.05, 3.63) is 0 Å². The van der Waals surface area contributed by atoms with Crippen molar-refractivity contribution in [1.29, 1.82) is 21.0 Å². The first-order valence-corrected chi connectivity index (χ1v) is 4.24. The largest absolute Gasteiger partial charge is 2.00 e. The van der Waals surface area contributed by atoms with Gasteiger partial charge in [0, 0.05) is 16.5 Å². The molecule has 0 aromatic rings. The number of nitriles is 4. The third-order valence-electron chi connectivity index (χ3n) is 0. The summed E-state index contributed by atoms with van der Waals surface area (Å²) in [5.41, 5.74) is 0. The Bertz CT molecular complexity index is 167. The van der Waals surface area contributed by atoms with E-state index in [0.717, 1.165) is 0 Å². The normalized spacial score (nSPS) is 2.00. The number of thiocyanates is 2. The molecule has 0 unspecified atom stereocenters. The van der Waals surface area contributed by atoms with E-state index in [1.54, 1.807) is 9.94 Å². The minimum Gasteiger partial charge on any atom is 0 e. The van der Waals surface area contributed by atoms with Crippen molar-refractivity contribution in [2.24, 2.45) is 0 Å². The molecule has 0 saturated carbocycles. The Balaban J connectivity index is -0.0000000145. The number of rotatable bonds is 0. The smallest absolute Gasteiger partial charge is 0 e. The van der Waals surface area contributed by atoms with Crippen molar-refractivity contribution < 1.29 is 43.8 Å². The predicted molar refractivity (Wildman–Crippen MR) is 48.7 cm³/mol. The standard InChI is InChI=1S/2CHNS.2CNSe.Cd.Ni/c4*2-1-3;;/h2*3H;;;;/q;;;;+2;/p-2. The molecule has 0 aromatic carbocycles. The molecule has 2 radical (unpaired) electrons. The van der Waals surface area contributed by atoms with Crippen LogP contribution in [0.2, 0.25) is 0 Å². The van der Waals surface area contributed by atoms with Crippen LogP contribution in [0.25, 0.3) is 0 Å². The van der Waals surface area contributed by atoms with E-state index < -0.39 is 0 Å². The zero-order valence-electron chi connectivity index (χ0n) is 6.45. The molecule has 0 aliphatic carbocycles. The van der Waals surface area contributed by atoms with Crippen LogP contribution in [-0.2, 0) is 69.0 Å². The molecule has 0 spiro atoms. The molecule has 14 heavy (non-hydrogen) atoms. The molecule has 0 rings (SSSR count). The van der Waals surface area contributed by atoms with E-state index in [1.165, 1.54) is 10.8 Å². The molecular weight excluding hydrogens is 497 g/mol. The summed E-state index contributed by atoms with van der Waals surface area (Å²) in [6.07, 6.45) is 0. The fourth-order valence-corrected chi connectivity index (χ4v) is 0. The van der Waals surface area contributed by atoms with Gasteiger partial charge >= 0.3 is 79.8 Å². The van der Waals surface area contributed by atoms with Crippen molar-refractivity contribution in [2.75, 3.05) is 0 Å². The van der Waals surface area contributed by atoms with Gasteiger partial charge in [0.15, 0.2) is 0 Å². The Morgan fingerprint density at radius 1 is 0.786 bits per heavy atom. The first kappa shape index (κ1) is 36.4. The summed E-state index contributed by atoms with van der Waals surface area (Å²) in [5, 5.41) is 31.5. The Labute approximate surface area is 141 Å². The summed E-state index contributed by atoms with van der Waals surface area (Å²) in [7, 11) is 0. The third-order valence-corrected chi connectivity index (χ3v) is 0. The van der Waals surface area contributed by atoms with Crippen molar-refractivity contribution in [1.82, 2.24) is 0 Å². The first-order chi connectivity index (χ1) is 5.66. The molecular formula is C4CdN4NiS2Se2. The first-order valence-electron chi connectivity index (χ1n) is 1.71. The molecule has 0 fully saturated rings.